The number of thioether (sulfide) groups is 1. The quantitative estimate of drug-likeness (QED) is 0.495. The third-order valence-electron chi connectivity index (χ3n) is 7.16. The van der Waals surface area contributed by atoms with Crippen LogP contribution < -0.4 is 0 Å². The van der Waals surface area contributed by atoms with Gasteiger partial charge in [-0.1, -0.05) is 45.1 Å². The van der Waals surface area contributed by atoms with Crippen molar-refractivity contribution in [2.45, 2.75) is 69.0 Å². The molecule has 0 radical (unpaired) electrons. The summed E-state index contributed by atoms with van der Waals surface area (Å²) in [6, 6.07) is -0.764. The van der Waals surface area contributed by atoms with Crippen LogP contribution in [0.5, 0.6) is 0 Å². The number of hydrogen-bond acceptors (Lipinski definition) is 6. The Hall–Kier alpha value is -1.80. The summed E-state index contributed by atoms with van der Waals surface area (Å²) in [4.78, 5) is 44.4. The van der Waals surface area contributed by atoms with E-state index in [9.17, 15) is 19.5 Å². The Morgan fingerprint density at radius 2 is 1.88 bits per heavy atom. The third kappa shape index (κ3) is 4.03. The molecule has 0 bridgehead atoms. The molecular formula is C25H36N2O5S. The number of fused-ring (bicyclic) bond motifs is 2. The van der Waals surface area contributed by atoms with E-state index in [1.54, 1.807) is 0 Å². The molecule has 7 nitrogen and oxygen atoms in total. The molecule has 5 atom stereocenters. The number of ether oxygens (including phenoxy) is 1. The van der Waals surface area contributed by atoms with Crippen molar-refractivity contribution in [1.82, 2.24) is 9.80 Å². The van der Waals surface area contributed by atoms with Crippen LogP contribution in [-0.2, 0) is 19.1 Å². The predicted molar refractivity (Wildman–Crippen MR) is 127 cm³/mol. The Morgan fingerprint density at radius 1 is 1.15 bits per heavy atom. The highest BCUT2D eigenvalue weighted by Gasteiger charge is 2.71. The van der Waals surface area contributed by atoms with Crippen molar-refractivity contribution in [3.63, 3.8) is 0 Å². The van der Waals surface area contributed by atoms with Crippen molar-refractivity contribution >= 4 is 29.5 Å². The van der Waals surface area contributed by atoms with Crippen molar-refractivity contribution < 1.29 is 24.2 Å². The van der Waals surface area contributed by atoms with Gasteiger partial charge in [-0.2, -0.15) is 0 Å². The maximum Gasteiger partial charge on any atom is 0.311 e. The number of aliphatic hydroxyl groups excluding tert-OH is 1. The lowest BCUT2D eigenvalue weighted by atomic mass is 9.78. The van der Waals surface area contributed by atoms with Gasteiger partial charge in [0.15, 0.2) is 0 Å². The fraction of sp³-hybridized carbons (Fsp3) is 0.720. The number of nitrogens with zero attached hydrogens (tertiary/aromatic N) is 2. The molecule has 0 aromatic heterocycles. The zero-order valence-electron chi connectivity index (χ0n) is 20.2. The number of likely N-dealkylation sites (tertiary alicyclic amines) is 1. The molecule has 0 aromatic carbocycles. The summed E-state index contributed by atoms with van der Waals surface area (Å²) >= 11 is 1.53. The Kier molecular flexibility index (Phi) is 6.23. The molecule has 182 valence electrons. The monoisotopic (exact) mass is 476 g/mol. The number of hydrogen-bond donors (Lipinski definition) is 1. The molecule has 1 N–H and O–H groups in total. The molecule has 2 amide bonds. The van der Waals surface area contributed by atoms with Gasteiger partial charge in [0.2, 0.25) is 11.8 Å². The highest BCUT2D eigenvalue weighted by atomic mass is 32.2. The zero-order chi connectivity index (χ0) is 24.2. The first-order chi connectivity index (χ1) is 15.4. The van der Waals surface area contributed by atoms with Gasteiger partial charge in [-0.05, 0) is 32.1 Å². The lowest BCUT2D eigenvalue weighted by Crippen LogP contribution is -2.59. The number of cyclic esters (lactones) is 1. The number of esters is 1. The molecule has 0 aromatic rings. The highest BCUT2D eigenvalue weighted by molar-refractivity contribution is 8.02. The van der Waals surface area contributed by atoms with Gasteiger partial charge in [0, 0.05) is 23.9 Å². The zero-order valence-corrected chi connectivity index (χ0v) is 21.1. The van der Waals surface area contributed by atoms with E-state index in [0.29, 0.717) is 19.6 Å². The van der Waals surface area contributed by atoms with Gasteiger partial charge in [0.05, 0.1) is 29.8 Å². The number of aliphatic hydroxyl groups is 1. The minimum Gasteiger partial charge on any atom is -0.465 e. The van der Waals surface area contributed by atoms with Crippen LogP contribution in [0, 0.1) is 17.3 Å². The van der Waals surface area contributed by atoms with Gasteiger partial charge >= 0.3 is 5.97 Å². The standard InChI is InChI=1S/C25H36N2O5S/c1-23(2,3)15-24(4,5)27-11-8-10-25-18(20(29)26(12-13-28)19(25)21(27)30)17-16(33-25)9-6-7-14-32-22(17)31/h6,8-10,16-19,28H,7,11-15H2,1-5H3/t16-,17+,18-,19?,25-/m0/s1. The molecule has 1 unspecified atom stereocenters. The van der Waals surface area contributed by atoms with Crippen LogP contribution >= 0.6 is 11.8 Å². The molecule has 4 heterocycles. The van der Waals surface area contributed by atoms with Crippen LogP contribution in [0.25, 0.3) is 0 Å². The Morgan fingerprint density at radius 3 is 2.55 bits per heavy atom. The summed E-state index contributed by atoms with van der Waals surface area (Å²) in [7, 11) is 0. The van der Waals surface area contributed by atoms with Gasteiger partial charge in [0.1, 0.15) is 6.04 Å². The molecule has 1 spiro atoms. The lowest BCUT2D eigenvalue weighted by Gasteiger charge is -2.44. The Balaban J connectivity index is 1.80. The molecule has 4 aliphatic heterocycles. The van der Waals surface area contributed by atoms with Crippen LogP contribution in [0.3, 0.4) is 0 Å². The topological polar surface area (TPSA) is 87.2 Å². The van der Waals surface area contributed by atoms with Crippen LogP contribution in [-0.4, -0.2) is 80.6 Å². The van der Waals surface area contributed by atoms with E-state index >= 15 is 0 Å². The number of carbonyl (C=O) groups excluding carboxylic acids is 3. The Labute approximate surface area is 200 Å². The first-order valence-electron chi connectivity index (χ1n) is 11.8. The highest BCUT2D eigenvalue weighted by Crippen LogP contribution is 2.61. The number of amides is 2. The second kappa shape index (κ2) is 8.45. The van der Waals surface area contributed by atoms with Gasteiger partial charge in [-0.25, -0.2) is 0 Å². The van der Waals surface area contributed by atoms with Gasteiger partial charge in [-0.15, -0.1) is 11.8 Å². The number of carbonyl (C=O) groups is 3. The van der Waals surface area contributed by atoms with Crippen LogP contribution in [0.1, 0.15) is 47.5 Å². The average molecular weight is 477 g/mol. The lowest BCUT2D eigenvalue weighted by molar-refractivity contribution is -0.153. The third-order valence-corrected chi connectivity index (χ3v) is 8.90. The van der Waals surface area contributed by atoms with E-state index in [-0.39, 0.29) is 41.6 Å². The number of rotatable bonds is 4. The molecular weight excluding hydrogens is 440 g/mol. The smallest absolute Gasteiger partial charge is 0.311 e. The molecule has 8 heteroatoms. The number of β-amino-alcohol motifs (C(OH)–C–C–N with tert-alkyl or cyclic N) is 1. The minimum absolute atomic E-state index is 0.0123. The van der Waals surface area contributed by atoms with Gasteiger partial charge < -0.3 is 19.6 Å². The SMILES string of the molecule is CC(C)(C)CC(C)(C)N1CC=C[C@]23S[C@H]4C=CCCOC(=O)[C@H]4[C@H]2C(=O)N(CCO)C3C1=O. The summed E-state index contributed by atoms with van der Waals surface area (Å²) in [6.07, 6.45) is 9.44. The van der Waals surface area contributed by atoms with Gasteiger partial charge in [-0.3, -0.25) is 14.4 Å². The van der Waals surface area contributed by atoms with Crippen LogP contribution in [0.2, 0.25) is 0 Å². The summed E-state index contributed by atoms with van der Waals surface area (Å²) in [5.41, 5.74) is -0.417. The van der Waals surface area contributed by atoms with Crippen molar-refractivity contribution in [3.8, 4) is 0 Å². The summed E-state index contributed by atoms with van der Waals surface area (Å²) in [5, 5.41) is 9.53. The summed E-state index contributed by atoms with van der Waals surface area (Å²) < 4.78 is 4.61. The van der Waals surface area contributed by atoms with E-state index in [1.807, 2.05) is 29.2 Å². The molecule has 0 aliphatic carbocycles. The normalized spacial score (nSPS) is 34.4. The second-order valence-corrected chi connectivity index (χ2v) is 12.9. The molecule has 2 fully saturated rings. The second-order valence-electron chi connectivity index (χ2n) is 11.4. The molecule has 33 heavy (non-hydrogen) atoms. The van der Waals surface area contributed by atoms with E-state index in [4.69, 9.17) is 4.74 Å². The average Bonchev–Trinajstić information content (AvgIpc) is 3.04. The fourth-order valence-corrected chi connectivity index (χ4v) is 8.39. The first-order valence-corrected chi connectivity index (χ1v) is 12.7. The van der Waals surface area contributed by atoms with Crippen LogP contribution in [0.15, 0.2) is 24.3 Å². The predicted octanol–water partition coefficient (Wildman–Crippen LogP) is 2.39. The summed E-state index contributed by atoms with van der Waals surface area (Å²) in [5.74, 6) is -2.06. The maximum atomic E-state index is 14.2. The first kappa shape index (κ1) is 24.3. The van der Waals surface area contributed by atoms with E-state index in [0.717, 1.165) is 6.42 Å². The van der Waals surface area contributed by atoms with E-state index < -0.39 is 28.2 Å². The largest absolute Gasteiger partial charge is 0.465 e. The molecule has 2 saturated heterocycles. The molecule has 4 rings (SSSR count). The van der Waals surface area contributed by atoms with E-state index in [2.05, 4.69) is 34.6 Å². The van der Waals surface area contributed by atoms with Crippen LogP contribution in [0.4, 0.5) is 0 Å². The fourth-order valence-electron chi connectivity index (χ4n) is 6.39. The van der Waals surface area contributed by atoms with E-state index in [1.165, 1.54) is 16.7 Å². The summed E-state index contributed by atoms with van der Waals surface area (Å²) in [6.45, 7) is 11.2. The molecule has 0 saturated carbocycles. The van der Waals surface area contributed by atoms with Crippen molar-refractivity contribution in [3.05, 3.63) is 24.3 Å². The maximum absolute atomic E-state index is 14.2. The molecule has 4 aliphatic rings. The van der Waals surface area contributed by atoms with Gasteiger partial charge in [0.25, 0.3) is 0 Å². The van der Waals surface area contributed by atoms with Crippen molar-refractivity contribution in [1.29, 1.82) is 0 Å². The Bertz CT molecular complexity index is 892. The minimum atomic E-state index is -0.862. The van der Waals surface area contributed by atoms with Crippen molar-refractivity contribution in [2.75, 3.05) is 26.3 Å². The van der Waals surface area contributed by atoms with Crippen molar-refractivity contribution in [2.24, 2.45) is 17.3 Å².